The molecule has 1 N–H and O–H groups in total. The Labute approximate surface area is 121 Å². The average Bonchev–Trinajstić information content (AvgIpc) is 2.82. The van der Waals surface area contributed by atoms with E-state index >= 15 is 0 Å². The van der Waals surface area contributed by atoms with Gasteiger partial charge in [0.05, 0.1) is 6.20 Å². The fraction of sp³-hybridized carbons (Fsp3) is 0.471. The molecule has 0 spiro atoms. The first-order chi connectivity index (χ1) is 9.74. The van der Waals surface area contributed by atoms with Gasteiger partial charge in [0, 0.05) is 18.3 Å². The van der Waals surface area contributed by atoms with Crippen LogP contribution in [0.1, 0.15) is 24.1 Å². The highest BCUT2D eigenvalue weighted by Crippen LogP contribution is 2.28. The average molecular weight is 269 g/mol. The normalized spacial score (nSPS) is 16.5. The molecule has 1 aliphatic rings. The third-order valence-corrected chi connectivity index (χ3v) is 4.33. The van der Waals surface area contributed by atoms with Crippen LogP contribution in [-0.4, -0.2) is 22.9 Å². The molecule has 0 atom stereocenters. The van der Waals surface area contributed by atoms with E-state index in [2.05, 4.69) is 53.3 Å². The lowest BCUT2D eigenvalue weighted by Gasteiger charge is -2.23. The Morgan fingerprint density at radius 2 is 2.10 bits per heavy atom. The van der Waals surface area contributed by atoms with Gasteiger partial charge in [-0.25, -0.2) is 0 Å². The molecule has 0 saturated carbocycles. The number of hydrogen-bond donors (Lipinski definition) is 1. The van der Waals surface area contributed by atoms with Crippen LogP contribution in [0.15, 0.2) is 30.5 Å². The largest absolute Gasteiger partial charge is 0.317 e. The quantitative estimate of drug-likeness (QED) is 0.928. The molecular formula is C17H23N3. The van der Waals surface area contributed by atoms with Crippen molar-refractivity contribution in [1.82, 2.24) is 15.1 Å². The van der Waals surface area contributed by atoms with E-state index in [0.717, 1.165) is 25.4 Å². The summed E-state index contributed by atoms with van der Waals surface area (Å²) in [6.07, 6.45) is 5.71. The number of nitrogens with zero attached hydrogens (tertiary/aromatic N) is 2. The predicted molar refractivity (Wildman–Crippen MR) is 82.7 cm³/mol. The number of hydrogen-bond acceptors (Lipinski definition) is 2. The second-order valence-electron chi connectivity index (χ2n) is 5.90. The molecule has 1 fully saturated rings. The van der Waals surface area contributed by atoms with Crippen LogP contribution in [0.3, 0.4) is 0 Å². The Kier molecular flexibility index (Phi) is 3.88. The van der Waals surface area contributed by atoms with Crippen LogP contribution in [0.25, 0.3) is 11.1 Å². The van der Waals surface area contributed by atoms with Crippen LogP contribution in [-0.2, 0) is 13.5 Å². The first-order valence-electron chi connectivity index (χ1n) is 7.52. The third-order valence-electron chi connectivity index (χ3n) is 4.33. The zero-order valence-electron chi connectivity index (χ0n) is 12.4. The zero-order chi connectivity index (χ0) is 13.9. The lowest BCUT2D eigenvalue weighted by atomic mass is 9.90. The Hall–Kier alpha value is -1.61. The van der Waals surface area contributed by atoms with Crippen LogP contribution in [0.2, 0.25) is 0 Å². The lowest BCUT2D eigenvalue weighted by Crippen LogP contribution is -2.29. The molecule has 0 aliphatic carbocycles. The molecule has 20 heavy (non-hydrogen) atoms. The summed E-state index contributed by atoms with van der Waals surface area (Å²) in [5.41, 5.74) is 5.28. The highest BCUT2D eigenvalue weighted by molar-refractivity contribution is 5.66. The summed E-state index contributed by atoms with van der Waals surface area (Å²) in [5.74, 6) is 0.787. The number of aryl methyl sites for hydroxylation is 2. The van der Waals surface area contributed by atoms with Crippen molar-refractivity contribution in [2.75, 3.05) is 13.1 Å². The summed E-state index contributed by atoms with van der Waals surface area (Å²) < 4.78 is 2.06. The van der Waals surface area contributed by atoms with Gasteiger partial charge < -0.3 is 5.32 Å². The van der Waals surface area contributed by atoms with Gasteiger partial charge in [0.1, 0.15) is 0 Å². The minimum absolute atomic E-state index is 0.787. The van der Waals surface area contributed by atoms with Crippen LogP contribution in [0.5, 0.6) is 0 Å². The van der Waals surface area contributed by atoms with Crippen molar-refractivity contribution >= 4 is 0 Å². The van der Waals surface area contributed by atoms with E-state index < -0.39 is 0 Å². The molecule has 1 aromatic heterocycles. The van der Waals surface area contributed by atoms with Crippen LogP contribution in [0.4, 0.5) is 0 Å². The van der Waals surface area contributed by atoms with Crippen molar-refractivity contribution in [3.63, 3.8) is 0 Å². The smallest absolute Gasteiger partial charge is 0.0571 e. The molecule has 0 bridgehead atoms. The van der Waals surface area contributed by atoms with Gasteiger partial charge in [0.25, 0.3) is 0 Å². The highest BCUT2D eigenvalue weighted by atomic mass is 15.3. The molecule has 3 rings (SSSR count). The minimum atomic E-state index is 0.787. The number of piperidine rings is 1. The summed E-state index contributed by atoms with van der Waals surface area (Å²) in [7, 11) is 2.07. The Bertz CT molecular complexity index is 580. The highest BCUT2D eigenvalue weighted by Gasteiger charge is 2.18. The number of benzene rings is 1. The first kappa shape index (κ1) is 13.4. The van der Waals surface area contributed by atoms with E-state index in [0.29, 0.717) is 0 Å². The summed E-state index contributed by atoms with van der Waals surface area (Å²) in [6, 6.07) is 8.72. The topological polar surface area (TPSA) is 29.9 Å². The second kappa shape index (κ2) is 5.80. The maximum atomic E-state index is 4.49. The van der Waals surface area contributed by atoms with Crippen molar-refractivity contribution < 1.29 is 0 Å². The second-order valence-corrected chi connectivity index (χ2v) is 5.90. The summed E-state index contributed by atoms with van der Waals surface area (Å²) >= 11 is 0. The van der Waals surface area contributed by atoms with E-state index in [9.17, 15) is 0 Å². The monoisotopic (exact) mass is 269 g/mol. The zero-order valence-corrected chi connectivity index (χ0v) is 12.4. The summed E-state index contributed by atoms with van der Waals surface area (Å²) in [4.78, 5) is 0. The standard InChI is InChI=1S/C17H23N3/c1-13-4-3-5-15(10-13)16-12-19-20(2)17(16)11-14-6-8-18-9-7-14/h3-5,10,12,14,18H,6-9,11H2,1-2H3. The van der Waals surface area contributed by atoms with Gasteiger partial charge in [0.2, 0.25) is 0 Å². The molecule has 2 aromatic rings. The van der Waals surface area contributed by atoms with Crippen LogP contribution < -0.4 is 5.32 Å². The molecule has 1 aromatic carbocycles. The maximum Gasteiger partial charge on any atom is 0.0571 e. The number of rotatable bonds is 3. The first-order valence-corrected chi connectivity index (χ1v) is 7.52. The molecule has 2 heterocycles. The minimum Gasteiger partial charge on any atom is -0.317 e. The van der Waals surface area contributed by atoms with Gasteiger partial charge in [-0.2, -0.15) is 5.10 Å². The molecular weight excluding hydrogens is 246 g/mol. The maximum absolute atomic E-state index is 4.49. The van der Waals surface area contributed by atoms with Gasteiger partial charge >= 0.3 is 0 Å². The molecule has 0 unspecified atom stereocenters. The predicted octanol–water partition coefficient (Wildman–Crippen LogP) is 2.94. The van der Waals surface area contributed by atoms with Crippen LogP contribution >= 0.6 is 0 Å². The van der Waals surface area contributed by atoms with Crippen molar-refractivity contribution in [2.24, 2.45) is 13.0 Å². The molecule has 0 radical (unpaired) electrons. The Morgan fingerprint density at radius 1 is 1.30 bits per heavy atom. The van der Waals surface area contributed by atoms with E-state index in [1.54, 1.807) is 0 Å². The molecule has 3 heteroatoms. The SMILES string of the molecule is Cc1cccc(-c2cnn(C)c2CC2CCNCC2)c1. The summed E-state index contributed by atoms with van der Waals surface area (Å²) in [5, 5.41) is 7.93. The molecule has 1 aliphatic heterocycles. The van der Waals surface area contributed by atoms with E-state index in [4.69, 9.17) is 0 Å². The molecule has 3 nitrogen and oxygen atoms in total. The van der Waals surface area contributed by atoms with Gasteiger partial charge in [-0.05, 0) is 50.8 Å². The fourth-order valence-corrected chi connectivity index (χ4v) is 3.12. The molecule has 106 valence electrons. The van der Waals surface area contributed by atoms with Crippen molar-refractivity contribution in [3.05, 3.63) is 41.7 Å². The van der Waals surface area contributed by atoms with E-state index in [-0.39, 0.29) is 0 Å². The number of nitrogens with one attached hydrogen (secondary N) is 1. The van der Waals surface area contributed by atoms with Gasteiger partial charge in [0.15, 0.2) is 0 Å². The molecule has 1 saturated heterocycles. The van der Waals surface area contributed by atoms with Gasteiger partial charge in [-0.15, -0.1) is 0 Å². The third kappa shape index (κ3) is 2.78. The van der Waals surface area contributed by atoms with E-state index in [1.165, 1.54) is 35.2 Å². The van der Waals surface area contributed by atoms with Crippen molar-refractivity contribution in [1.29, 1.82) is 0 Å². The number of aromatic nitrogens is 2. The van der Waals surface area contributed by atoms with Gasteiger partial charge in [-0.3, -0.25) is 4.68 Å². The van der Waals surface area contributed by atoms with Crippen molar-refractivity contribution in [2.45, 2.75) is 26.2 Å². The van der Waals surface area contributed by atoms with Crippen molar-refractivity contribution in [3.8, 4) is 11.1 Å². The lowest BCUT2D eigenvalue weighted by molar-refractivity contribution is 0.366. The molecule has 0 amide bonds. The summed E-state index contributed by atoms with van der Waals surface area (Å²) in [6.45, 7) is 4.46. The Balaban J connectivity index is 1.88. The van der Waals surface area contributed by atoms with Gasteiger partial charge in [-0.1, -0.05) is 29.8 Å². The fourth-order valence-electron chi connectivity index (χ4n) is 3.12. The van der Waals surface area contributed by atoms with E-state index in [1.807, 2.05) is 6.20 Å². The Morgan fingerprint density at radius 3 is 2.85 bits per heavy atom. The van der Waals surface area contributed by atoms with Crippen LogP contribution in [0, 0.1) is 12.8 Å².